The first-order chi connectivity index (χ1) is 11.1. The fourth-order valence-corrected chi connectivity index (χ4v) is 2.53. The van der Waals surface area contributed by atoms with Gasteiger partial charge in [-0.25, -0.2) is 9.97 Å². The highest BCUT2D eigenvalue weighted by atomic mass is 15.1. The second kappa shape index (κ2) is 6.75. The van der Waals surface area contributed by atoms with Crippen molar-refractivity contribution in [2.24, 2.45) is 0 Å². The summed E-state index contributed by atoms with van der Waals surface area (Å²) in [4.78, 5) is 11.6. The van der Waals surface area contributed by atoms with Crippen LogP contribution >= 0.6 is 0 Å². The van der Waals surface area contributed by atoms with Crippen molar-refractivity contribution in [2.75, 3.05) is 32.5 Å². The highest BCUT2D eigenvalue weighted by molar-refractivity contribution is 5.93. The van der Waals surface area contributed by atoms with E-state index in [4.69, 9.17) is 4.98 Å². The molecule has 0 aliphatic rings. The summed E-state index contributed by atoms with van der Waals surface area (Å²) in [6.45, 7) is 3.85. The zero-order valence-corrected chi connectivity index (χ0v) is 13.9. The number of fused-ring (bicyclic) bond motifs is 1. The second-order valence-electron chi connectivity index (χ2n) is 6.01. The van der Waals surface area contributed by atoms with Crippen LogP contribution in [0.4, 0.5) is 5.95 Å². The Morgan fingerprint density at radius 1 is 1.00 bits per heavy atom. The van der Waals surface area contributed by atoms with Crippen LogP contribution in [0.3, 0.4) is 0 Å². The first-order valence-electron chi connectivity index (χ1n) is 7.86. The van der Waals surface area contributed by atoms with Crippen LogP contribution in [0.1, 0.15) is 5.56 Å². The Labute approximate surface area is 137 Å². The molecule has 0 aliphatic heterocycles. The lowest BCUT2D eigenvalue weighted by Crippen LogP contribution is -2.21. The van der Waals surface area contributed by atoms with E-state index >= 15 is 0 Å². The lowest BCUT2D eigenvalue weighted by atomic mass is 10.0. The SMILES string of the molecule is Cc1ccc2nc(NCCN(C)C)nc(-c3ccccc3)c2c1. The largest absolute Gasteiger partial charge is 0.353 e. The van der Waals surface area contributed by atoms with Gasteiger partial charge in [0.2, 0.25) is 5.95 Å². The number of anilines is 1. The maximum atomic E-state index is 4.77. The molecule has 4 heteroatoms. The monoisotopic (exact) mass is 306 g/mol. The van der Waals surface area contributed by atoms with Crippen molar-refractivity contribution in [2.45, 2.75) is 6.92 Å². The summed E-state index contributed by atoms with van der Waals surface area (Å²) in [6, 6.07) is 16.6. The molecule has 0 fully saturated rings. The lowest BCUT2D eigenvalue weighted by molar-refractivity contribution is 0.425. The molecular weight excluding hydrogens is 284 g/mol. The molecule has 1 heterocycles. The maximum absolute atomic E-state index is 4.77. The third kappa shape index (κ3) is 3.66. The van der Waals surface area contributed by atoms with Crippen LogP contribution in [0.5, 0.6) is 0 Å². The topological polar surface area (TPSA) is 41.1 Å². The summed E-state index contributed by atoms with van der Waals surface area (Å²) < 4.78 is 0. The molecule has 0 aliphatic carbocycles. The Morgan fingerprint density at radius 2 is 1.78 bits per heavy atom. The summed E-state index contributed by atoms with van der Waals surface area (Å²) >= 11 is 0. The average Bonchev–Trinajstić information content (AvgIpc) is 2.55. The summed E-state index contributed by atoms with van der Waals surface area (Å²) in [5.74, 6) is 0.682. The Hall–Kier alpha value is -2.46. The van der Waals surface area contributed by atoms with E-state index in [0.29, 0.717) is 5.95 Å². The third-order valence-electron chi connectivity index (χ3n) is 3.74. The van der Waals surface area contributed by atoms with Gasteiger partial charge < -0.3 is 10.2 Å². The van der Waals surface area contributed by atoms with Crippen molar-refractivity contribution in [3.63, 3.8) is 0 Å². The molecule has 3 rings (SSSR count). The van der Waals surface area contributed by atoms with Gasteiger partial charge in [0.15, 0.2) is 0 Å². The van der Waals surface area contributed by atoms with Crippen molar-refractivity contribution in [1.82, 2.24) is 14.9 Å². The number of nitrogens with zero attached hydrogens (tertiary/aromatic N) is 3. The molecule has 0 saturated carbocycles. The van der Waals surface area contributed by atoms with Gasteiger partial charge in [-0.15, -0.1) is 0 Å². The van der Waals surface area contributed by atoms with Crippen molar-refractivity contribution in [1.29, 1.82) is 0 Å². The summed E-state index contributed by atoms with van der Waals surface area (Å²) in [5.41, 5.74) is 4.27. The summed E-state index contributed by atoms with van der Waals surface area (Å²) in [6.07, 6.45) is 0. The van der Waals surface area contributed by atoms with Crippen molar-refractivity contribution in [3.8, 4) is 11.3 Å². The molecule has 0 radical (unpaired) electrons. The number of hydrogen-bond donors (Lipinski definition) is 1. The van der Waals surface area contributed by atoms with Crippen LogP contribution in [0.15, 0.2) is 48.5 Å². The van der Waals surface area contributed by atoms with Gasteiger partial charge in [0.1, 0.15) is 0 Å². The highest BCUT2D eigenvalue weighted by Crippen LogP contribution is 2.27. The van der Waals surface area contributed by atoms with E-state index in [1.54, 1.807) is 0 Å². The predicted molar refractivity (Wildman–Crippen MR) is 96.8 cm³/mol. The minimum atomic E-state index is 0.682. The number of hydrogen-bond acceptors (Lipinski definition) is 4. The van der Waals surface area contributed by atoms with E-state index in [-0.39, 0.29) is 0 Å². The molecule has 0 spiro atoms. The molecule has 4 nitrogen and oxygen atoms in total. The van der Waals surface area contributed by atoms with Gasteiger partial charge in [-0.05, 0) is 33.2 Å². The Balaban J connectivity index is 2.05. The molecule has 2 aromatic carbocycles. The minimum absolute atomic E-state index is 0.682. The summed E-state index contributed by atoms with van der Waals surface area (Å²) in [5, 5.41) is 4.42. The normalized spacial score (nSPS) is 11.1. The average molecular weight is 306 g/mol. The van der Waals surface area contributed by atoms with E-state index < -0.39 is 0 Å². The first-order valence-corrected chi connectivity index (χ1v) is 7.86. The number of aromatic nitrogens is 2. The molecule has 0 bridgehead atoms. The van der Waals surface area contributed by atoms with E-state index in [1.165, 1.54) is 5.56 Å². The molecule has 23 heavy (non-hydrogen) atoms. The van der Waals surface area contributed by atoms with Crippen LogP contribution in [0.25, 0.3) is 22.2 Å². The van der Waals surface area contributed by atoms with E-state index in [1.807, 2.05) is 18.2 Å². The Kier molecular flexibility index (Phi) is 4.53. The number of benzene rings is 2. The van der Waals surface area contributed by atoms with Crippen molar-refractivity contribution < 1.29 is 0 Å². The van der Waals surface area contributed by atoms with Crippen LogP contribution in [-0.2, 0) is 0 Å². The van der Waals surface area contributed by atoms with Crippen LogP contribution in [0.2, 0.25) is 0 Å². The van der Waals surface area contributed by atoms with E-state index in [2.05, 4.69) is 66.6 Å². The number of rotatable bonds is 5. The summed E-state index contributed by atoms with van der Waals surface area (Å²) in [7, 11) is 4.11. The van der Waals surface area contributed by atoms with Gasteiger partial charge >= 0.3 is 0 Å². The minimum Gasteiger partial charge on any atom is -0.353 e. The molecule has 3 aromatic rings. The van der Waals surface area contributed by atoms with Gasteiger partial charge in [0.25, 0.3) is 0 Å². The first kappa shape index (κ1) is 15.4. The Morgan fingerprint density at radius 3 is 2.52 bits per heavy atom. The molecule has 0 atom stereocenters. The van der Waals surface area contributed by atoms with Gasteiger partial charge in [-0.3, -0.25) is 0 Å². The predicted octanol–water partition coefficient (Wildman–Crippen LogP) is 3.58. The molecule has 0 saturated heterocycles. The van der Waals surface area contributed by atoms with Crippen LogP contribution in [0, 0.1) is 6.92 Å². The zero-order valence-electron chi connectivity index (χ0n) is 13.9. The molecule has 118 valence electrons. The quantitative estimate of drug-likeness (QED) is 0.782. The van der Waals surface area contributed by atoms with Crippen molar-refractivity contribution in [3.05, 3.63) is 54.1 Å². The Bertz CT molecular complexity index is 797. The fraction of sp³-hybridized carbons (Fsp3) is 0.263. The van der Waals surface area contributed by atoms with E-state index in [0.717, 1.165) is 35.2 Å². The van der Waals surface area contributed by atoms with Gasteiger partial charge in [0.05, 0.1) is 11.2 Å². The molecule has 1 N–H and O–H groups in total. The fourth-order valence-electron chi connectivity index (χ4n) is 2.53. The number of nitrogens with one attached hydrogen (secondary N) is 1. The number of aryl methyl sites for hydroxylation is 1. The van der Waals surface area contributed by atoms with Crippen LogP contribution in [-0.4, -0.2) is 42.1 Å². The molecule has 0 unspecified atom stereocenters. The molecular formula is C19H22N4. The molecule has 1 aromatic heterocycles. The third-order valence-corrected chi connectivity index (χ3v) is 3.74. The smallest absolute Gasteiger partial charge is 0.223 e. The van der Waals surface area contributed by atoms with E-state index in [9.17, 15) is 0 Å². The lowest BCUT2D eigenvalue weighted by Gasteiger charge is -2.13. The van der Waals surface area contributed by atoms with Gasteiger partial charge in [0, 0.05) is 24.0 Å². The maximum Gasteiger partial charge on any atom is 0.223 e. The standard InChI is InChI=1S/C19H22N4/c1-14-9-10-17-16(13-14)18(15-7-5-4-6-8-15)22-19(21-17)20-11-12-23(2)3/h4-10,13H,11-12H2,1-3H3,(H,20,21,22). The van der Waals surface area contributed by atoms with Crippen molar-refractivity contribution >= 4 is 16.9 Å². The van der Waals surface area contributed by atoms with Gasteiger partial charge in [-0.2, -0.15) is 0 Å². The van der Waals surface area contributed by atoms with Gasteiger partial charge in [-0.1, -0.05) is 42.0 Å². The van der Waals surface area contributed by atoms with Crippen LogP contribution < -0.4 is 5.32 Å². The highest BCUT2D eigenvalue weighted by Gasteiger charge is 2.10. The molecule has 0 amide bonds. The second-order valence-corrected chi connectivity index (χ2v) is 6.01. The number of likely N-dealkylation sites (N-methyl/N-ethyl adjacent to an activating group) is 1. The zero-order chi connectivity index (χ0) is 16.2.